The summed E-state index contributed by atoms with van der Waals surface area (Å²) in [5.41, 5.74) is 0. The molecule has 1 aliphatic rings. The van der Waals surface area contributed by atoms with Crippen molar-refractivity contribution in [3.05, 3.63) is 0 Å². The van der Waals surface area contributed by atoms with Crippen LogP contribution in [0.5, 0.6) is 0 Å². The zero-order valence-corrected chi connectivity index (χ0v) is 5.31. The van der Waals surface area contributed by atoms with Crippen molar-refractivity contribution in [2.45, 2.75) is 24.8 Å². The highest BCUT2D eigenvalue weighted by atomic mass is 35.5. The second kappa shape index (κ2) is 1.94. The van der Waals surface area contributed by atoms with Crippen LogP contribution in [0.2, 0.25) is 0 Å². The van der Waals surface area contributed by atoms with Gasteiger partial charge in [-0.3, -0.25) is 4.79 Å². The molecule has 3 heteroatoms. The minimum Gasteiger partial charge on any atom is -0.460 e. The number of carbonyl (C=O) groups excluding carboxylic acids is 1. The molecule has 2 unspecified atom stereocenters. The molecule has 1 saturated heterocycles. The summed E-state index contributed by atoms with van der Waals surface area (Å²) in [6.07, 6.45) is 0.467. The molecule has 0 amide bonds. The lowest BCUT2D eigenvalue weighted by molar-refractivity contribution is -0.169. The van der Waals surface area contributed by atoms with Crippen LogP contribution in [-0.4, -0.2) is 17.5 Å². The van der Waals surface area contributed by atoms with Gasteiger partial charge in [0.1, 0.15) is 6.10 Å². The topological polar surface area (TPSA) is 26.3 Å². The molecule has 8 heavy (non-hydrogen) atoms. The quantitative estimate of drug-likeness (QED) is 0.394. The minimum absolute atomic E-state index is 0.0239. The Hall–Kier alpha value is -0.240. The Morgan fingerprint density at radius 1 is 2.00 bits per heavy atom. The van der Waals surface area contributed by atoms with Gasteiger partial charge in [-0.1, -0.05) is 0 Å². The van der Waals surface area contributed by atoms with Gasteiger partial charge in [0.2, 0.25) is 0 Å². The molecule has 1 heterocycles. The van der Waals surface area contributed by atoms with Gasteiger partial charge in [-0.25, -0.2) is 0 Å². The Morgan fingerprint density at radius 3 is 2.62 bits per heavy atom. The van der Waals surface area contributed by atoms with E-state index in [0.717, 1.165) is 0 Å². The van der Waals surface area contributed by atoms with Crippen molar-refractivity contribution < 1.29 is 9.53 Å². The molecule has 0 saturated carbocycles. The number of carbonyl (C=O) groups is 1. The van der Waals surface area contributed by atoms with Crippen LogP contribution >= 0.6 is 11.6 Å². The molecule has 0 aromatic heterocycles. The molecule has 0 aromatic carbocycles. The van der Waals surface area contributed by atoms with Crippen LogP contribution in [-0.2, 0) is 9.53 Å². The maximum atomic E-state index is 10.1. The molecule has 0 aromatic rings. The van der Waals surface area contributed by atoms with Gasteiger partial charge in [-0.05, 0) is 6.92 Å². The van der Waals surface area contributed by atoms with Crippen molar-refractivity contribution in [3.8, 4) is 0 Å². The monoisotopic (exact) mass is 134 g/mol. The Balaban J connectivity index is 2.25. The van der Waals surface area contributed by atoms with E-state index in [2.05, 4.69) is 4.74 Å². The largest absolute Gasteiger partial charge is 0.460 e. The van der Waals surface area contributed by atoms with Crippen LogP contribution in [0.3, 0.4) is 0 Å². The average Bonchev–Trinajstić information content (AvgIpc) is 1.57. The highest BCUT2D eigenvalue weighted by molar-refractivity contribution is 6.21. The van der Waals surface area contributed by atoms with Crippen LogP contribution in [0, 0.1) is 0 Å². The Bertz CT molecular complexity index is 103. The van der Waals surface area contributed by atoms with Crippen molar-refractivity contribution in [2.75, 3.05) is 0 Å². The number of esters is 1. The van der Waals surface area contributed by atoms with Gasteiger partial charge in [0, 0.05) is 0 Å². The SMILES string of the molecule is CC(Cl)C1CC(=O)O1. The molecular weight excluding hydrogens is 128 g/mol. The fraction of sp³-hybridized carbons (Fsp3) is 0.800. The van der Waals surface area contributed by atoms with Crippen molar-refractivity contribution >= 4 is 17.6 Å². The van der Waals surface area contributed by atoms with Crippen LogP contribution in [0.1, 0.15) is 13.3 Å². The van der Waals surface area contributed by atoms with Gasteiger partial charge >= 0.3 is 5.97 Å². The lowest BCUT2D eigenvalue weighted by Crippen LogP contribution is -2.38. The van der Waals surface area contributed by atoms with Crippen molar-refractivity contribution in [1.29, 1.82) is 0 Å². The van der Waals surface area contributed by atoms with Gasteiger partial charge in [-0.15, -0.1) is 11.6 Å². The maximum absolute atomic E-state index is 10.1. The molecule has 0 spiro atoms. The van der Waals surface area contributed by atoms with Gasteiger partial charge in [0.15, 0.2) is 0 Å². The van der Waals surface area contributed by atoms with Crippen LogP contribution < -0.4 is 0 Å². The Labute approximate surface area is 52.8 Å². The molecule has 1 fully saturated rings. The summed E-state index contributed by atoms with van der Waals surface area (Å²) in [6.45, 7) is 1.82. The highest BCUT2D eigenvalue weighted by Gasteiger charge is 2.31. The van der Waals surface area contributed by atoms with E-state index in [9.17, 15) is 4.79 Å². The van der Waals surface area contributed by atoms with E-state index in [0.29, 0.717) is 6.42 Å². The summed E-state index contributed by atoms with van der Waals surface area (Å²) in [7, 11) is 0. The number of ether oxygens (including phenoxy) is 1. The molecular formula is C5H7ClO2. The minimum atomic E-state index is -0.137. The third-order valence-corrected chi connectivity index (χ3v) is 1.44. The zero-order valence-electron chi connectivity index (χ0n) is 4.56. The lowest BCUT2D eigenvalue weighted by Gasteiger charge is -2.27. The van der Waals surface area contributed by atoms with Crippen LogP contribution in [0.15, 0.2) is 0 Å². The van der Waals surface area contributed by atoms with Crippen LogP contribution in [0.4, 0.5) is 0 Å². The van der Waals surface area contributed by atoms with Gasteiger partial charge in [0.25, 0.3) is 0 Å². The first-order chi connectivity index (χ1) is 3.70. The first kappa shape index (κ1) is 5.89. The Kier molecular flexibility index (Phi) is 1.43. The number of halogens is 1. The third kappa shape index (κ3) is 0.944. The fourth-order valence-corrected chi connectivity index (χ4v) is 0.720. The van der Waals surface area contributed by atoms with E-state index in [1.54, 1.807) is 0 Å². The lowest BCUT2D eigenvalue weighted by atomic mass is 10.1. The highest BCUT2D eigenvalue weighted by Crippen LogP contribution is 2.19. The maximum Gasteiger partial charge on any atom is 0.309 e. The summed E-state index contributed by atoms with van der Waals surface area (Å²) in [5.74, 6) is -0.137. The zero-order chi connectivity index (χ0) is 6.15. The first-order valence-electron chi connectivity index (χ1n) is 2.53. The van der Waals surface area contributed by atoms with Gasteiger partial charge in [0.05, 0.1) is 11.8 Å². The van der Waals surface area contributed by atoms with E-state index in [1.165, 1.54) is 0 Å². The molecule has 0 bridgehead atoms. The molecule has 0 N–H and O–H groups in total. The number of rotatable bonds is 1. The standard InChI is InChI=1S/C5H7ClO2/c1-3(6)4-2-5(7)8-4/h3-4H,2H2,1H3. The third-order valence-electron chi connectivity index (χ3n) is 1.16. The van der Waals surface area contributed by atoms with Crippen molar-refractivity contribution in [3.63, 3.8) is 0 Å². The van der Waals surface area contributed by atoms with E-state index in [4.69, 9.17) is 11.6 Å². The fourth-order valence-electron chi connectivity index (χ4n) is 0.580. The van der Waals surface area contributed by atoms with Crippen LogP contribution in [0.25, 0.3) is 0 Å². The number of hydrogen-bond donors (Lipinski definition) is 0. The summed E-state index contributed by atoms with van der Waals surface area (Å²) < 4.78 is 4.63. The summed E-state index contributed by atoms with van der Waals surface area (Å²) in [6, 6.07) is 0. The van der Waals surface area contributed by atoms with E-state index in [-0.39, 0.29) is 17.5 Å². The predicted octanol–water partition coefficient (Wildman–Crippen LogP) is 0.929. The van der Waals surface area contributed by atoms with E-state index >= 15 is 0 Å². The molecule has 46 valence electrons. The molecule has 0 aliphatic carbocycles. The van der Waals surface area contributed by atoms with Crippen molar-refractivity contribution in [1.82, 2.24) is 0 Å². The second-order valence-electron chi connectivity index (χ2n) is 1.91. The number of alkyl halides is 1. The normalized spacial score (nSPS) is 30.8. The van der Waals surface area contributed by atoms with Crippen molar-refractivity contribution in [2.24, 2.45) is 0 Å². The molecule has 2 atom stereocenters. The van der Waals surface area contributed by atoms with Gasteiger partial charge < -0.3 is 4.74 Å². The molecule has 1 rings (SSSR count). The summed E-state index contributed by atoms with van der Waals surface area (Å²) in [4.78, 5) is 10.1. The average molecular weight is 135 g/mol. The predicted molar refractivity (Wildman–Crippen MR) is 29.8 cm³/mol. The van der Waals surface area contributed by atoms with Gasteiger partial charge in [-0.2, -0.15) is 0 Å². The molecule has 1 aliphatic heterocycles. The summed E-state index contributed by atoms with van der Waals surface area (Å²) >= 11 is 5.57. The smallest absolute Gasteiger partial charge is 0.309 e. The summed E-state index contributed by atoms with van der Waals surface area (Å²) in [5, 5.41) is -0.0345. The van der Waals surface area contributed by atoms with E-state index in [1.807, 2.05) is 6.92 Å². The molecule has 2 nitrogen and oxygen atoms in total. The second-order valence-corrected chi connectivity index (χ2v) is 2.60. The number of hydrogen-bond acceptors (Lipinski definition) is 2. The number of cyclic esters (lactones) is 1. The van der Waals surface area contributed by atoms with E-state index < -0.39 is 0 Å². The Morgan fingerprint density at radius 2 is 2.50 bits per heavy atom. The molecule has 0 radical (unpaired) electrons. The first-order valence-corrected chi connectivity index (χ1v) is 2.97.